The molecule has 1 aliphatic heterocycles. The summed E-state index contributed by atoms with van der Waals surface area (Å²) in [6.45, 7) is 0.810. The van der Waals surface area contributed by atoms with E-state index in [1.54, 1.807) is 4.90 Å². The molecule has 1 saturated heterocycles. The Morgan fingerprint density at radius 2 is 1.92 bits per heavy atom. The van der Waals surface area contributed by atoms with Crippen LogP contribution in [0, 0.1) is 0 Å². The van der Waals surface area contributed by atoms with Crippen LogP contribution in [0.5, 0.6) is 0 Å². The molecule has 2 heterocycles. The van der Waals surface area contributed by atoms with Crippen LogP contribution in [0.3, 0.4) is 0 Å². The van der Waals surface area contributed by atoms with Gasteiger partial charge in [0, 0.05) is 23.2 Å². The molecule has 2 aromatic rings. The fourth-order valence-corrected chi connectivity index (χ4v) is 4.08. The minimum atomic E-state index is -0.655. The molecular formula is C17H17ClN2O4S. The molecule has 1 aliphatic rings. The Morgan fingerprint density at radius 3 is 2.64 bits per heavy atom. The minimum Gasteiger partial charge on any atom is -0.454 e. The molecule has 0 unspecified atom stereocenters. The second-order valence-corrected chi connectivity index (χ2v) is 7.10. The minimum absolute atomic E-state index is 0.204. The van der Waals surface area contributed by atoms with Crippen LogP contribution in [0.25, 0.3) is 10.1 Å². The molecule has 0 bridgehead atoms. The van der Waals surface area contributed by atoms with Gasteiger partial charge < -0.3 is 15.0 Å². The molecule has 2 amide bonds. The fraction of sp³-hybridized carbons (Fsp3) is 0.353. The molecule has 8 heteroatoms. The van der Waals surface area contributed by atoms with E-state index in [1.165, 1.54) is 11.3 Å². The van der Waals surface area contributed by atoms with Crippen molar-refractivity contribution in [2.24, 2.45) is 0 Å². The van der Waals surface area contributed by atoms with Crippen molar-refractivity contribution in [3.63, 3.8) is 0 Å². The molecule has 6 nitrogen and oxygen atoms in total. The Labute approximate surface area is 153 Å². The SMILES string of the molecule is O=C(CNC(=O)c1sc2ccccc2c1Cl)OCC(=O)N1CCCC1. The van der Waals surface area contributed by atoms with E-state index in [0.29, 0.717) is 23.0 Å². The van der Waals surface area contributed by atoms with Gasteiger partial charge in [-0.1, -0.05) is 29.8 Å². The number of nitrogens with one attached hydrogen (secondary N) is 1. The van der Waals surface area contributed by atoms with E-state index in [9.17, 15) is 14.4 Å². The van der Waals surface area contributed by atoms with E-state index in [0.717, 1.165) is 22.9 Å². The van der Waals surface area contributed by atoms with Crippen molar-refractivity contribution in [3.05, 3.63) is 34.2 Å². The van der Waals surface area contributed by atoms with E-state index in [2.05, 4.69) is 5.32 Å². The molecule has 0 spiro atoms. The molecule has 3 rings (SSSR count). The predicted molar refractivity (Wildman–Crippen MR) is 95.9 cm³/mol. The molecule has 0 aliphatic carbocycles. The van der Waals surface area contributed by atoms with Gasteiger partial charge in [0.05, 0.1) is 5.02 Å². The first-order chi connectivity index (χ1) is 12.1. The Balaban J connectivity index is 1.50. The van der Waals surface area contributed by atoms with Gasteiger partial charge in [0.25, 0.3) is 11.8 Å². The van der Waals surface area contributed by atoms with Gasteiger partial charge >= 0.3 is 5.97 Å². The lowest BCUT2D eigenvalue weighted by Gasteiger charge is -2.14. The number of likely N-dealkylation sites (tertiary alicyclic amines) is 1. The van der Waals surface area contributed by atoms with E-state index in [1.807, 2.05) is 24.3 Å². The summed E-state index contributed by atoms with van der Waals surface area (Å²) in [6.07, 6.45) is 1.96. The monoisotopic (exact) mass is 380 g/mol. The van der Waals surface area contributed by atoms with Crippen molar-refractivity contribution >= 4 is 50.8 Å². The standard InChI is InChI=1S/C17H17ClN2O4S/c18-15-11-5-1-2-6-12(11)25-16(15)17(23)19-9-14(22)24-10-13(21)20-7-3-4-8-20/h1-2,5-6H,3-4,7-10H2,(H,19,23). The molecule has 132 valence electrons. The van der Waals surface area contributed by atoms with Gasteiger partial charge in [-0.3, -0.25) is 14.4 Å². The number of rotatable bonds is 5. The van der Waals surface area contributed by atoms with Crippen molar-refractivity contribution in [1.29, 1.82) is 0 Å². The number of nitrogens with zero attached hydrogens (tertiary/aromatic N) is 1. The summed E-state index contributed by atoms with van der Waals surface area (Å²) < 4.78 is 5.82. The highest BCUT2D eigenvalue weighted by Gasteiger charge is 2.20. The van der Waals surface area contributed by atoms with Crippen molar-refractivity contribution < 1.29 is 19.1 Å². The van der Waals surface area contributed by atoms with Crippen LogP contribution in [-0.2, 0) is 14.3 Å². The number of benzene rings is 1. The number of ether oxygens (including phenoxy) is 1. The van der Waals surface area contributed by atoms with Crippen LogP contribution in [-0.4, -0.2) is 48.9 Å². The van der Waals surface area contributed by atoms with Crippen molar-refractivity contribution in [2.75, 3.05) is 26.2 Å². The topological polar surface area (TPSA) is 75.7 Å². The Bertz CT molecular complexity index is 814. The maximum atomic E-state index is 12.2. The normalized spacial score (nSPS) is 13.9. The van der Waals surface area contributed by atoms with Crippen LogP contribution >= 0.6 is 22.9 Å². The van der Waals surface area contributed by atoms with E-state index in [-0.39, 0.29) is 19.1 Å². The number of carbonyl (C=O) groups is 3. The molecule has 1 aromatic heterocycles. The highest BCUT2D eigenvalue weighted by molar-refractivity contribution is 7.21. The number of halogens is 1. The quantitative estimate of drug-likeness (QED) is 0.808. The lowest BCUT2D eigenvalue weighted by molar-refractivity contribution is -0.150. The van der Waals surface area contributed by atoms with Gasteiger partial charge in [-0.05, 0) is 18.9 Å². The summed E-state index contributed by atoms with van der Waals surface area (Å²) in [5, 5.41) is 3.66. The Morgan fingerprint density at radius 1 is 1.20 bits per heavy atom. The summed E-state index contributed by atoms with van der Waals surface area (Å²) in [6, 6.07) is 7.42. The third kappa shape index (κ3) is 4.11. The lowest BCUT2D eigenvalue weighted by Crippen LogP contribution is -2.35. The first kappa shape index (κ1) is 17.7. The van der Waals surface area contributed by atoms with Gasteiger partial charge in [0.2, 0.25) is 0 Å². The first-order valence-electron chi connectivity index (χ1n) is 7.95. The molecule has 0 radical (unpaired) electrons. The molecular weight excluding hydrogens is 364 g/mol. The van der Waals surface area contributed by atoms with Gasteiger partial charge in [0.15, 0.2) is 6.61 Å². The molecule has 1 aromatic carbocycles. The van der Waals surface area contributed by atoms with Gasteiger partial charge in [-0.2, -0.15) is 0 Å². The average Bonchev–Trinajstić information content (AvgIpc) is 3.26. The lowest BCUT2D eigenvalue weighted by atomic mass is 10.2. The Hall–Kier alpha value is -2.12. The van der Waals surface area contributed by atoms with Gasteiger partial charge in [-0.25, -0.2) is 0 Å². The van der Waals surface area contributed by atoms with Crippen LogP contribution in [0.4, 0.5) is 0 Å². The number of carbonyl (C=O) groups excluding carboxylic acids is 3. The Kier molecular flexibility index (Phi) is 5.55. The third-order valence-electron chi connectivity index (χ3n) is 3.95. The summed E-state index contributed by atoms with van der Waals surface area (Å²) >= 11 is 7.49. The molecule has 1 N–H and O–H groups in total. The van der Waals surface area contributed by atoms with Gasteiger partial charge in [0.1, 0.15) is 11.4 Å². The maximum Gasteiger partial charge on any atom is 0.325 e. The predicted octanol–water partition coefficient (Wildman–Crippen LogP) is 2.45. The van der Waals surface area contributed by atoms with Crippen LogP contribution in [0.1, 0.15) is 22.5 Å². The van der Waals surface area contributed by atoms with Crippen LogP contribution in [0.2, 0.25) is 5.02 Å². The molecule has 25 heavy (non-hydrogen) atoms. The van der Waals surface area contributed by atoms with Crippen LogP contribution < -0.4 is 5.32 Å². The highest BCUT2D eigenvalue weighted by atomic mass is 35.5. The van der Waals surface area contributed by atoms with Crippen molar-refractivity contribution in [1.82, 2.24) is 10.2 Å². The zero-order chi connectivity index (χ0) is 17.8. The fourth-order valence-electron chi connectivity index (χ4n) is 2.64. The largest absolute Gasteiger partial charge is 0.454 e. The zero-order valence-electron chi connectivity index (χ0n) is 13.4. The number of fused-ring (bicyclic) bond motifs is 1. The van der Waals surface area contributed by atoms with E-state index >= 15 is 0 Å². The number of amides is 2. The maximum absolute atomic E-state index is 12.2. The summed E-state index contributed by atoms with van der Waals surface area (Å²) in [5.41, 5.74) is 0. The average molecular weight is 381 g/mol. The molecule has 1 fully saturated rings. The number of esters is 1. The van der Waals surface area contributed by atoms with Crippen molar-refractivity contribution in [3.8, 4) is 0 Å². The zero-order valence-corrected chi connectivity index (χ0v) is 15.0. The summed E-state index contributed by atoms with van der Waals surface area (Å²) in [5.74, 6) is -1.29. The second kappa shape index (κ2) is 7.84. The number of thiophene rings is 1. The molecule has 0 atom stereocenters. The third-order valence-corrected chi connectivity index (χ3v) is 5.62. The molecule has 0 saturated carbocycles. The summed E-state index contributed by atoms with van der Waals surface area (Å²) in [7, 11) is 0. The second-order valence-electron chi connectivity index (χ2n) is 5.67. The van der Waals surface area contributed by atoms with Gasteiger partial charge in [-0.15, -0.1) is 11.3 Å². The summed E-state index contributed by atoms with van der Waals surface area (Å²) in [4.78, 5) is 37.8. The first-order valence-corrected chi connectivity index (χ1v) is 9.14. The number of hydrogen-bond acceptors (Lipinski definition) is 5. The van der Waals surface area contributed by atoms with Crippen LogP contribution in [0.15, 0.2) is 24.3 Å². The number of hydrogen-bond donors (Lipinski definition) is 1. The van der Waals surface area contributed by atoms with E-state index in [4.69, 9.17) is 16.3 Å². The highest BCUT2D eigenvalue weighted by Crippen LogP contribution is 2.34. The van der Waals surface area contributed by atoms with E-state index < -0.39 is 11.9 Å². The van der Waals surface area contributed by atoms with Crippen molar-refractivity contribution in [2.45, 2.75) is 12.8 Å². The smallest absolute Gasteiger partial charge is 0.325 e.